The molecule has 3 nitrogen and oxygen atoms in total. The van der Waals surface area contributed by atoms with E-state index in [1.165, 1.54) is 47.8 Å². The zero-order valence-corrected chi connectivity index (χ0v) is 16.2. The Kier molecular flexibility index (Phi) is 5.71. The van der Waals surface area contributed by atoms with Crippen molar-refractivity contribution in [3.8, 4) is 5.75 Å². The number of fused-ring (bicyclic) bond motifs is 1. The van der Waals surface area contributed by atoms with Crippen LogP contribution < -0.4 is 15.0 Å². The number of methoxy groups -OCH3 is 1. The standard InChI is InChI=1S/C24H28N2O/c1-27-24-12-11-20-9-5-6-10-22(20)23(24)17-25-21-13-15-26(16-14-21)18-19-7-3-2-4-8-19/h2-12,21,25H,13-18H2,1H3/p+2. The van der Waals surface area contributed by atoms with E-state index in [1.807, 2.05) is 0 Å². The lowest BCUT2D eigenvalue weighted by molar-refractivity contribution is -0.926. The third-order valence-corrected chi connectivity index (χ3v) is 5.91. The van der Waals surface area contributed by atoms with Gasteiger partial charge >= 0.3 is 0 Å². The van der Waals surface area contributed by atoms with Crippen LogP contribution in [0.15, 0.2) is 66.7 Å². The minimum Gasteiger partial charge on any atom is -0.496 e. The fourth-order valence-corrected chi connectivity index (χ4v) is 4.35. The summed E-state index contributed by atoms with van der Waals surface area (Å²) in [5.74, 6) is 1.01. The van der Waals surface area contributed by atoms with Crippen molar-refractivity contribution in [2.75, 3.05) is 20.2 Å². The summed E-state index contributed by atoms with van der Waals surface area (Å²) in [6, 6.07) is 24.5. The molecule has 1 heterocycles. The summed E-state index contributed by atoms with van der Waals surface area (Å²) in [5.41, 5.74) is 2.78. The second-order valence-electron chi connectivity index (χ2n) is 7.66. The molecule has 3 heteroatoms. The molecule has 0 saturated carbocycles. The predicted octanol–water partition coefficient (Wildman–Crippen LogP) is 2.16. The number of nitrogens with one attached hydrogen (secondary N) is 1. The topological polar surface area (TPSA) is 30.3 Å². The monoisotopic (exact) mass is 362 g/mol. The molecule has 3 aromatic rings. The van der Waals surface area contributed by atoms with Gasteiger partial charge < -0.3 is 15.0 Å². The quantitative estimate of drug-likeness (QED) is 0.692. The summed E-state index contributed by atoms with van der Waals surface area (Å²) >= 11 is 0. The van der Waals surface area contributed by atoms with Crippen molar-refractivity contribution in [3.63, 3.8) is 0 Å². The Morgan fingerprint density at radius 2 is 1.67 bits per heavy atom. The van der Waals surface area contributed by atoms with Crippen LogP contribution in [0.1, 0.15) is 24.0 Å². The van der Waals surface area contributed by atoms with E-state index in [9.17, 15) is 0 Å². The lowest BCUT2D eigenvalue weighted by Gasteiger charge is -2.28. The predicted molar refractivity (Wildman–Crippen MR) is 110 cm³/mol. The molecule has 1 aliphatic heterocycles. The number of nitrogens with two attached hydrogens (primary N) is 1. The van der Waals surface area contributed by atoms with Gasteiger partial charge in [0.1, 0.15) is 18.8 Å². The molecule has 4 rings (SSSR count). The Labute approximate surface area is 162 Å². The van der Waals surface area contributed by atoms with Crippen LogP contribution in [0.25, 0.3) is 10.8 Å². The van der Waals surface area contributed by atoms with Gasteiger partial charge in [-0.1, -0.05) is 60.7 Å². The van der Waals surface area contributed by atoms with Crippen LogP contribution in [0.2, 0.25) is 0 Å². The molecule has 0 spiro atoms. The van der Waals surface area contributed by atoms with Gasteiger partial charge in [-0.2, -0.15) is 0 Å². The molecule has 0 aliphatic carbocycles. The van der Waals surface area contributed by atoms with Crippen LogP contribution in [-0.4, -0.2) is 26.2 Å². The summed E-state index contributed by atoms with van der Waals surface area (Å²) in [5, 5.41) is 5.15. The van der Waals surface area contributed by atoms with E-state index in [1.54, 1.807) is 12.0 Å². The Hall–Kier alpha value is -2.36. The highest BCUT2D eigenvalue weighted by molar-refractivity contribution is 5.87. The number of ether oxygens (including phenoxy) is 1. The van der Waals surface area contributed by atoms with Crippen molar-refractivity contribution in [2.45, 2.75) is 32.0 Å². The first kappa shape index (κ1) is 18.0. The molecule has 0 radical (unpaired) electrons. The van der Waals surface area contributed by atoms with Gasteiger partial charge in [-0.25, -0.2) is 0 Å². The molecule has 0 unspecified atom stereocenters. The molecule has 3 aromatic carbocycles. The van der Waals surface area contributed by atoms with Crippen LogP contribution >= 0.6 is 0 Å². The van der Waals surface area contributed by atoms with Gasteiger partial charge in [0, 0.05) is 18.4 Å². The fourth-order valence-electron chi connectivity index (χ4n) is 4.35. The van der Waals surface area contributed by atoms with E-state index in [-0.39, 0.29) is 0 Å². The number of hydrogen-bond acceptors (Lipinski definition) is 1. The van der Waals surface area contributed by atoms with Crippen molar-refractivity contribution < 1.29 is 15.0 Å². The first-order chi connectivity index (χ1) is 13.3. The molecule has 1 fully saturated rings. The zero-order valence-electron chi connectivity index (χ0n) is 16.2. The van der Waals surface area contributed by atoms with Crippen LogP contribution in [-0.2, 0) is 13.1 Å². The van der Waals surface area contributed by atoms with Crippen molar-refractivity contribution in [1.82, 2.24) is 0 Å². The smallest absolute Gasteiger partial charge is 0.128 e. The Balaban J connectivity index is 1.36. The second-order valence-corrected chi connectivity index (χ2v) is 7.66. The SMILES string of the molecule is COc1ccc2ccccc2c1C[NH2+]C1CC[NH+](Cc2ccccc2)CC1. The van der Waals surface area contributed by atoms with E-state index >= 15 is 0 Å². The first-order valence-corrected chi connectivity index (χ1v) is 10.1. The number of rotatable bonds is 6. The van der Waals surface area contributed by atoms with Gasteiger partial charge in [0.25, 0.3) is 0 Å². The Morgan fingerprint density at radius 3 is 2.44 bits per heavy atom. The van der Waals surface area contributed by atoms with Crippen LogP contribution in [0.3, 0.4) is 0 Å². The molecule has 27 heavy (non-hydrogen) atoms. The highest BCUT2D eigenvalue weighted by atomic mass is 16.5. The van der Waals surface area contributed by atoms with Crippen molar-refractivity contribution in [1.29, 1.82) is 0 Å². The third-order valence-electron chi connectivity index (χ3n) is 5.91. The summed E-state index contributed by atoms with van der Waals surface area (Å²) in [6.45, 7) is 4.68. The average Bonchev–Trinajstić information content (AvgIpc) is 2.73. The molecule has 0 aromatic heterocycles. The molecule has 1 saturated heterocycles. The third kappa shape index (κ3) is 4.32. The number of piperidine rings is 1. The number of hydrogen-bond donors (Lipinski definition) is 2. The van der Waals surface area contributed by atoms with Crippen molar-refractivity contribution in [3.05, 3.63) is 77.9 Å². The maximum Gasteiger partial charge on any atom is 0.128 e. The maximum atomic E-state index is 5.65. The fraction of sp³-hybridized carbons (Fsp3) is 0.333. The van der Waals surface area contributed by atoms with Crippen molar-refractivity contribution in [2.24, 2.45) is 0 Å². The molecule has 1 aliphatic rings. The van der Waals surface area contributed by atoms with E-state index in [2.05, 4.69) is 72.0 Å². The Bertz CT molecular complexity index is 870. The normalized spacial score (nSPS) is 19.9. The summed E-state index contributed by atoms with van der Waals surface area (Å²) in [6.07, 6.45) is 2.57. The van der Waals surface area contributed by atoms with Gasteiger partial charge in [0.05, 0.1) is 31.8 Å². The van der Waals surface area contributed by atoms with Gasteiger partial charge in [-0.15, -0.1) is 0 Å². The molecule has 140 valence electrons. The molecule has 0 atom stereocenters. The lowest BCUT2D eigenvalue weighted by Crippen LogP contribution is -3.13. The number of likely N-dealkylation sites (tertiary alicyclic amines) is 1. The molecule has 3 N–H and O–H groups in total. The minimum atomic E-state index is 0.716. The highest BCUT2D eigenvalue weighted by Gasteiger charge is 2.25. The van der Waals surface area contributed by atoms with Crippen molar-refractivity contribution >= 4 is 10.8 Å². The highest BCUT2D eigenvalue weighted by Crippen LogP contribution is 2.27. The van der Waals surface area contributed by atoms with Crippen LogP contribution in [0, 0.1) is 0 Å². The minimum absolute atomic E-state index is 0.716. The summed E-state index contributed by atoms with van der Waals surface area (Å²) < 4.78 is 5.65. The maximum absolute atomic E-state index is 5.65. The van der Waals surface area contributed by atoms with Crippen LogP contribution in [0.5, 0.6) is 5.75 Å². The molecular weight excluding hydrogens is 332 g/mol. The number of quaternary nitrogens is 2. The zero-order chi connectivity index (χ0) is 18.5. The van der Waals surface area contributed by atoms with E-state index in [0.717, 1.165) is 18.8 Å². The molecule has 0 amide bonds. The molecular formula is C24H30N2O+2. The van der Waals surface area contributed by atoms with Gasteiger partial charge in [0.15, 0.2) is 0 Å². The largest absolute Gasteiger partial charge is 0.496 e. The number of benzene rings is 3. The first-order valence-electron chi connectivity index (χ1n) is 10.1. The van der Waals surface area contributed by atoms with E-state index in [0.29, 0.717) is 6.04 Å². The summed E-state index contributed by atoms with van der Waals surface area (Å²) in [4.78, 5) is 1.72. The second kappa shape index (κ2) is 8.55. The van der Waals surface area contributed by atoms with Gasteiger partial charge in [-0.3, -0.25) is 0 Å². The van der Waals surface area contributed by atoms with Gasteiger partial charge in [0.2, 0.25) is 0 Å². The van der Waals surface area contributed by atoms with Crippen LogP contribution in [0.4, 0.5) is 0 Å². The molecule has 0 bridgehead atoms. The average molecular weight is 363 g/mol. The lowest BCUT2D eigenvalue weighted by atomic mass is 10.0. The van der Waals surface area contributed by atoms with E-state index in [4.69, 9.17) is 4.74 Å². The van der Waals surface area contributed by atoms with Gasteiger partial charge in [-0.05, 0) is 16.8 Å². The van der Waals surface area contributed by atoms with E-state index < -0.39 is 0 Å². The Morgan fingerprint density at radius 1 is 0.926 bits per heavy atom. The summed E-state index contributed by atoms with van der Waals surface area (Å²) in [7, 11) is 1.78.